The van der Waals surface area contributed by atoms with E-state index in [2.05, 4.69) is 20.2 Å². The van der Waals surface area contributed by atoms with E-state index >= 15 is 0 Å². The van der Waals surface area contributed by atoms with Crippen LogP contribution in [0.2, 0.25) is 0 Å². The van der Waals surface area contributed by atoms with Crippen LogP contribution in [-0.4, -0.2) is 42.1 Å². The fourth-order valence-corrected chi connectivity index (χ4v) is 3.02. The summed E-state index contributed by atoms with van der Waals surface area (Å²) in [6, 6.07) is 7.79. The average molecular weight is 384 g/mol. The summed E-state index contributed by atoms with van der Waals surface area (Å²) in [6.07, 6.45) is 6.66. The van der Waals surface area contributed by atoms with Crippen LogP contribution in [0.25, 0.3) is 6.08 Å². The minimum absolute atomic E-state index is 0.235. The Labute approximate surface area is 164 Å². The maximum atomic E-state index is 12.9. The molecule has 0 spiro atoms. The monoisotopic (exact) mass is 384 g/mol. The predicted octanol–water partition coefficient (Wildman–Crippen LogP) is 3.12. The van der Waals surface area contributed by atoms with Crippen molar-refractivity contribution >= 4 is 17.8 Å². The number of carbonyl (C=O) groups excluding carboxylic acids is 1. The zero-order valence-corrected chi connectivity index (χ0v) is 16.0. The number of rotatable bonds is 7. The molecule has 2 aromatic rings. The van der Waals surface area contributed by atoms with Gasteiger partial charge in [-0.1, -0.05) is 12.1 Å². The lowest BCUT2D eigenvalue weighted by molar-refractivity contribution is -0.116. The van der Waals surface area contributed by atoms with Crippen LogP contribution in [-0.2, 0) is 4.79 Å². The Balaban J connectivity index is 1.45. The second-order valence-corrected chi connectivity index (χ2v) is 6.68. The van der Waals surface area contributed by atoms with Crippen molar-refractivity contribution in [3.8, 4) is 5.88 Å². The smallest absolute Gasteiger partial charge is 0.244 e. The number of aryl methyl sites for hydroxylation is 1. The largest absolute Gasteiger partial charge is 0.476 e. The van der Waals surface area contributed by atoms with Gasteiger partial charge in [0.15, 0.2) is 0 Å². The Morgan fingerprint density at radius 2 is 1.96 bits per heavy atom. The topological polar surface area (TPSA) is 67.3 Å². The van der Waals surface area contributed by atoms with Gasteiger partial charge in [0.1, 0.15) is 24.1 Å². The number of nitrogens with zero attached hydrogens (tertiary/aromatic N) is 3. The number of nitrogens with one attached hydrogen (secondary N) is 1. The van der Waals surface area contributed by atoms with Crippen LogP contribution >= 0.6 is 0 Å². The molecule has 0 unspecified atom stereocenters. The van der Waals surface area contributed by atoms with Crippen LogP contribution in [0.5, 0.6) is 5.88 Å². The van der Waals surface area contributed by atoms with Gasteiger partial charge in [-0.3, -0.25) is 4.79 Å². The lowest BCUT2D eigenvalue weighted by Gasteiger charge is -2.28. The van der Waals surface area contributed by atoms with Crippen molar-refractivity contribution in [3.63, 3.8) is 0 Å². The number of ether oxygens (including phenoxy) is 1. The van der Waals surface area contributed by atoms with Crippen LogP contribution < -0.4 is 15.0 Å². The van der Waals surface area contributed by atoms with Crippen molar-refractivity contribution in [1.29, 1.82) is 0 Å². The first kappa shape index (κ1) is 19.8. The fourth-order valence-electron chi connectivity index (χ4n) is 3.02. The number of carbonyl (C=O) groups is 1. The normalized spacial score (nSPS) is 14.3. The minimum atomic E-state index is -0.304. The summed E-state index contributed by atoms with van der Waals surface area (Å²) in [5, 5.41) is 2.75. The summed E-state index contributed by atoms with van der Waals surface area (Å²) in [4.78, 5) is 22.9. The SMILES string of the molecule is Cc1nc(OCCNC(=O)C=Cc2ccc(F)cc2)cc(N2CCCCC2)n1. The van der Waals surface area contributed by atoms with E-state index in [1.807, 2.05) is 13.0 Å². The molecule has 1 aliphatic heterocycles. The molecule has 0 atom stereocenters. The Bertz CT molecular complexity index is 818. The van der Waals surface area contributed by atoms with Crippen LogP contribution in [0.15, 0.2) is 36.4 Å². The molecule has 6 nitrogen and oxygen atoms in total. The second kappa shape index (κ2) is 9.82. The van der Waals surface area contributed by atoms with Crippen molar-refractivity contribution in [2.24, 2.45) is 0 Å². The lowest BCUT2D eigenvalue weighted by atomic mass is 10.1. The number of halogens is 1. The fraction of sp³-hybridized carbons (Fsp3) is 0.381. The standard InChI is InChI=1S/C21H25FN4O2/c1-16-24-19(26-12-3-2-4-13-26)15-21(25-16)28-14-11-23-20(27)10-7-17-5-8-18(22)9-6-17/h5-10,15H,2-4,11-14H2,1H3,(H,23,27). The van der Waals surface area contributed by atoms with Gasteiger partial charge >= 0.3 is 0 Å². The third-order valence-corrected chi connectivity index (χ3v) is 4.43. The number of benzene rings is 1. The van der Waals surface area contributed by atoms with Crippen molar-refractivity contribution in [1.82, 2.24) is 15.3 Å². The number of hydrogen-bond donors (Lipinski definition) is 1. The predicted molar refractivity (Wildman–Crippen MR) is 107 cm³/mol. The molecule has 7 heteroatoms. The first-order chi connectivity index (χ1) is 13.6. The van der Waals surface area contributed by atoms with Gasteiger partial charge < -0.3 is 15.0 Å². The van der Waals surface area contributed by atoms with E-state index < -0.39 is 0 Å². The first-order valence-corrected chi connectivity index (χ1v) is 9.55. The molecule has 148 valence electrons. The number of amides is 1. The summed E-state index contributed by atoms with van der Waals surface area (Å²) >= 11 is 0. The molecule has 0 aliphatic carbocycles. The molecule has 1 aromatic carbocycles. The van der Waals surface area contributed by atoms with Gasteiger partial charge in [-0.2, -0.15) is 4.98 Å². The molecule has 1 aromatic heterocycles. The molecule has 2 heterocycles. The van der Waals surface area contributed by atoms with E-state index in [4.69, 9.17) is 4.74 Å². The van der Waals surface area contributed by atoms with Gasteiger partial charge in [0.2, 0.25) is 11.8 Å². The summed E-state index contributed by atoms with van der Waals surface area (Å²) in [5.41, 5.74) is 0.759. The molecule has 0 bridgehead atoms. The number of piperidine rings is 1. The van der Waals surface area contributed by atoms with Crippen molar-refractivity contribution in [3.05, 3.63) is 53.6 Å². The molecule has 0 radical (unpaired) electrons. The van der Waals surface area contributed by atoms with Crippen LogP contribution in [0.4, 0.5) is 10.2 Å². The summed E-state index contributed by atoms with van der Waals surface area (Å²) in [5.74, 6) is 1.55. The third kappa shape index (κ3) is 6.04. The first-order valence-electron chi connectivity index (χ1n) is 9.55. The van der Waals surface area contributed by atoms with Gasteiger partial charge in [-0.15, -0.1) is 0 Å². The van der Waals surface area contributed by atoms with E-state index in [0.29, 0.717) is 24.9 Å². The van der Waals surface area contributed by atoms with Gasteiger partial charge in [-0.25, -0.2) is 9.37 Å². The molecule has 0 saturated carbocycles. The maximum Gasteiger partial charge on any atom is 0.244 e. The average Bonchev–Trinajstić information content (AvgIpc) is 2.71. The highest BCUT2D eigenvalue weighted by atomic mass is 19.1. The molecule has 1 amide bonds. The van der Waals surface area contributed by atoms with Crippen LogP contribution in [0.1, 0.15) is 30.7 Å². The second-order valence-electron chi connectivity index (χ2n) is 6.68. The third-order valence-electron chi connectivity index (χ3n) is 4.43. The summed E-state index contributed by atoms with van der Waals surface area (Å²) < 4.78 is 18.5. The van der Waals surface area contributed by atoms with Gasteiger partial charge in [0.25, 0.3) is 0 Å². The summed E-state index contributed by atoms with van der Waals surface area (Å²) in [6.45, 7) is 4.53. The molecule has 28 heavy (non-hydrogen) atoms. The Morgan fingerprint density at radius 1 is 1.21 bits per heavy atom. The molecule has 3 rings (SSSR count). The van der Waals surface area contributed by atoms with Crippen LogP contribution in [0.3, 0.4) is 0 Å². The van der Waals surface area contributed by atoms with Gasteiger partial charge in [0.05, 0.1) is 6.54 Å². The zero-order chi connectivity index (χ0) is 19.8. The summed E-state index contributed by atoms with van der Waals surface area (Å²) in [7, 11) is 0. The van der Waals surface area contributed by atoms with Gasteiger partial charge in [-0.05, 0) is 50.0 Å². The number of anilines is 1. The number of hydrogen-bond acceptors (Lipinski definition) is 5. The van der Waals surface area contributed by atoms with Crippen LogP contribution in [0, 0.1) is 12.7 Å². The van der Waals surface area contributed by atoms with Crippen molar-refractivity contribution in [2.45, 2.75) is 26.2 Å². The lowest BCUT2D eigenvalue weighted by Crippen LogP contribution is -2.30. The molecule has 1 fully saturated rings. The Kier molecular flexibility index (Phi) is 6.94. The van der Waals surface area contributed by atoms with E-state index in [1.165, 1.54) is 37.5 Å². The molecular formula is C21H25FN4O2. The highest BCUT2D eigenvalue weighted by Gasteiger charge is 2.14. The quantitative estimate of drug-likeness (QED) is 0.587. The Hall–Kier alpha value is -2.96. The minimum Gasteiger partial charge on any atom is -0.476 e. The highest BCUT2D eigenvalue weighted by Crippen LogP contribution is 2.21. The molecule has 1 aliphatic rings. The molecule has 1 N–H and O–H groups in total. The molecule has 1 saturated heterocycles. The highest BCUT2D eigenvalue weighted by molar-refractivity contribution is 5.91. The zero-order valence-electron chi connectivity index (χ0n) is 16.0. The van der Waals surface area contributed by atoms with E-state index in [9.17, 15) is 9.18 Å². The molecular weight excluding hydrogens is 359 g/mol. The maximum absolute atomic E-state index is 12.9. The van der Waals surface area contributed by atoms with E-state index in [1.54, 1.807) is 18.2 Å². The van der Waals surface area contributed by atoms with Crippen molar-refractivity contribution < 1.29 is 13.9 Å². The van der Waals surface area contributed by atoms with Crippen molar-refractivity contribution in [2.75, 3.05) is 31.1 Å². The van der Waals surface area contributed by atoms with E-state index in [-0.39, 0.29) is 11.7 Å². The number of aromatic nitrogens is 2. The van der Waals surface area contributed by atoms with E-state index in [0.717, 1.165) is 24.5 Å². The van der Waals surface area contributed by atoms with Gasteiger partial charge in [0, 0.05) is 25.2 Å². The Morgan fingerprint density at radius 3 is 2.71 bits per heavy atom.